The number of hydrogen-bond donors (Lipinski definition) is 2. The van der Waals surface area contributed by atoms with E-state index in [0.717, 1.165) is 24.3 Å². The second-order valence-corrected chi connectivity index (χ2v) is 7.26. The van der Waals surface area contributed by atoms with Crippen LogP contribution in [0.2, 0.25) is 0 Å². The zero-order valence-corrected chi connectivity index (χ0v) is 18.5. The van der Waals surface area contributed by atoms with Crippen molar-refractivity contribution in [3.8, 4) is 17.6 Å². The summed E-state index contributed by atoms with van der Waals surface area (Å²) in [6, 6.07) is 16.7. The second kappa shape index (κ2) is 11.3. The van der Waals surface area contributed by atoms with Crippen LogP contribution in [0.3, 0.4) is 0 Å². The molecule has 0 unspecified atom stereocenters. The van der Waals surface area contributed by atoms with Crippen LogP contribution < -0.4 is 20.2 Å². The molecule has 0 aliphatic rings. The highest BCUT2D eigenvalue weighted by molar-refractivity contribution is 6.03. The topological polar surface area (TPSA) is 95.7 Å². The molecule has 0 aliphatic heterocycles. The number of carbonyl (C=O) groups is 1. The highest BCUT2D eigenvalue weighted by Crippen LogP contribution is 2.25. The van der Waals surface area contributed by atoms with Gasteiger partial charge >= 0.3 is 18.8 Å². The van der Waals surface area contributed by atoms with Crippen LogP contribution in [0, 0.1) is 11.3 Å². The number of halogens is 6. The van der Waals surface area contributed by atoms with E-state index < -0.39 is 30.3 Å². The molecule has 0 heterocycles. The normalized spacial score (nSPS) is 11.9. The van der Waals surface area contributed by atoms with Gasteiger partial charge in [0.1, 0.15) is 11.5 Å². The number of ether oxygens (including phenoxy) is 2. The van der Waals surface area contributed by atoms with Crippen molar-refractivity contribution < 1.29 is 40.6 Å². The van der Waals surface area contributed by atoms with Crippen LogP contribution in [-0.2, 0) is 6.42 Å². The minimum Gasteiger partial charge on any atom is -0.406 e. The first kappa shape index (κ1) is 26.9. The number of alkyl halides is 6. The molecule has 3 aromatic carbocycles. The van der Waals surface area contributed by atoms with Crippen molar-refractivity contribution in [3.63, 3.8) is 0 Å². The van der Waals surface area contributed by atoms with E-state index in [1.165, 1.54) is 24.3 Å². The standard InChI is InChI=1S/C24H16F6N4O3/c25-23(26,27)36-19-10-8-18(9-11-19)32-22(35)34-33-21(12-15-4-6-16(14-31)7-5-15)17-2-1-3-20(13-17)37-24(28,29)30/h1-11,13H,12H2,(H2,32,34,35)/b33-21+. The van der Waals surface area contributed by atoms with Gasteiger partial charge in [0, 0.05) is 17.7 Å². The summed E-state index contributed by atoms with van der Waals surface area (Å²) in [5.74, 6) is -0.981. The number of hydrazone groups is 1. The Bertz CT molecular complexity index is 1300. The Morgan fingerprint density at radius 1 is 0.865 bits per heavy atom. The Morgan fingerprint density at radius 3 is 2.08 bits per heavy atom. The first-order valence-electron chi connectivity index (χ1n) is 10.2. The van der Waals surface area contributed by atoms with E-state index in [4.69, 9.17) is 5.26 Å². The van der Waals surface area contributed by atoms with Crippen LogP contribution in [0.25, 0.3) is 0 Å². The summed E-state index contributed by atoms with van der Waals surface area (Å²) in [7, 11) is 0. The lowest BCUT2D eigenvalue weighted by Gasteiger charge is -2.12. The Balaban J connectivity index is 1.79. The van der Waals surface area contributed by atoms with Gasteiger partial charge in [-0.05, 0) is 54.1 Å². The minimum absolute atomic E-state index is 0.0605. The number of anilines is 1. The smallest absolute Gasteiger partial charge is 0.406 e. The molecule has 0 radical (unpaired) electrons. The van der Waals surface area contributed by atoms with Crippen LogP contribution in [-0.4, -0.2) is 24.5 Å². The van der Waals surface area contributed by atoms with Gasteiger partial charge in [0.15, 0.2) is 0 Å². The molecule has 2 N–H and O–H groups in total. The fourth-order valence-electron chi connectivity index (χ4n) is 2.99. The highest BCUT2D eigenvalue weighted by atomic mass is 19.4. The van der Waals surface area contributed by atoms with Crippen molar-refractivity contribution in [1.82, 2.24) is 5.43 Å². The lowest BCUT2D eigenvalue weighted by molar-refractivity contribution is -0.275. The average Bonchev–Trinajstić information content (AvgIpc) is 2.81. The molecule has 3 rings (SSSR count). The second-order valence-electron chi connectivity index (χ2n) is 7.26. The molecular formula is C24H16F6N4O3. The number of nitrogens with one attached hydrogen (secondary N) is 2. The zero-order chi connectivity index (χ0) is 27.1. The van der Waals surface area contributed by atoms with Gasteiger partial charge in [-0.1, -0.05) is 24.3 Å². The molecule has 0 saturated heterocycles. The maximum Gasteiger partial charge on any atom is 0.573 e. The quantitative estimate of drug-likeness (QED) is 0.222. The summed E-state index contributed by atoms with van der Waals surface area (Å²) >= 11 is 0. The fourth-order valence-corrected chi connectivity index (χ4v) is 2.99. The van der Waals surface area contributed by atoms with Gasteiger partial charge < -0.3 is 14.8 Å². The van der Waals surface area contributed by atoms with E-state index in [1.54, 1.807) is 24.3 Å². The Morgan fingerprint density at radius 2 is 1.49 bits per heavy atom. The van der Waals surface area contributed by atoms with E-state index >= 15 is 0 Å². The van der Waals surface area contributed by atoms with E-state index in [0.29, 0.717) is 11.1 Å². The number of amides is 2. The number of nitrogens with zero attached hydrogens (tertiary/aromatic N) is 2. The molecule has 0 atom stereocenters. The van der Waals surface area contributed by atoms with Crippen molar-refractivity contribution in [3.05, 3.63) is 89.5 Å². The number of rotatable bonds is 7. The maximum atomic E-state index is 12.7. The Labute approximate surface area is 205 Å². The van der Waals surface area contributed by atoms with Crippen LogP contribution in [0.4, 0.5) is 36.8 Å². The van der Waals surface area contributed by atoms with Crippen LogP contribution in [0.5, 0.6) is 11.5 Å². The van der Waals surface area contributed by atoms with E-state index in [-0.39, 0.29) is 23.4 Å². The monoisotopic (exact) mass is 522 g/mol. The molecule has 7 nitrogen and oxygen atoms in total. The molecule has 2 amide bonds. The van der Waals surface area contributed by atoms with E-state index in [2.05, 4.69) is 25.3 Å². The number of hydrogen-bond acceptors (Lipinski definition) is 5. The first-order valence-corrected chi connectivity index (χ1v) is 10.2. The summed E-state index contributed by atoms with van der Waals surface area (Å²) in [6.07, 6.45) is -9.72. The predicted molar refractivity (Wildman–Crippen MR) is 120 cm³/mol. The van der Waals surface area contributed by atoms with Crippen LogP contribution >= 0.6 is 0 Å². The van der Waals surface area contributed by atoms with Crippen molar-refractivity contribution in [2.75, 3.05) is 5.32 Å². The molecule has 192 valence electrons. The highest BCUT2D eigenvalue weighted by Gasteiger charge is 2.31. The summed E-state index contributed by atoms with van der Waals surface area (Å²) in [6.45, 7) is 0. The van der Waals surface area contributed by atoms with Crippen molar-refractivity contribution in [2.45, 2.75) is 19.1 Å². The third kappa shape index (κ3) is 9.10. The van der Waals surface area contributed by atoms with Crippen molar-refractivity contribution >= 4 is 17.4 Å². The number of benzene rings is 3. The summed E-state index contributed by atoms with van der Waals surface area (Å²) in [4.78, 5) is 12.3. The minimum atomic E-state index is -4.91. The fraction of sp³-hybridized carbons (Fsp3) is 0.125. The van der Waals surface area contributed by atoms with Gasteiger partial charge in [0.2, 0.25) is 0 Å². The van der Waals surface area contributed by atoms with Gasteiger partial charge in [-0.25, -0.2) is 10.2 Å². The van der Waals surface area contributed by atoms with E-state index in [1.807, 2.05) is 6.07 Å². The Hall–Kier alpha value is -4.73. The summed E-state index contributed by atoms with van der Waals surface area (Å²) < 4.78 is 82.5. The zero-order valence-electron chi connectivity index (χ0n) is 18.5. The van der Waals surface area contributed by atoms with Crippen LogP contribution in [0.15, 0.2) is 77.9 Å². The van der Waals surface area contributed by atoms with Gasteiger partial charge in [-0.3, -0.25) is 0 Å². The van der Waals surface area contributed by atoms with Crippen molar-refractivity contribution in [1.29, 1.82) is 5.26 Å². The van der Waals surface area contributed by atoms with Crippen LogP contribution in [0.1, 0.15) is 16.7 Å². The lowest BCUT2D eigenvalue weighted by Crippen LogP contribution is -2.26. The van der Waals surface area contributed by atoms with Gasteiger partial charge in [-0.2, -0.15) is 10.4 Å². The van der Waals surface area contributed by atoms with Crippen molar-refractivity contribution in [2.24, 2.45) is 5.10 Å². The molecular weight excluding hydrogens is 506 g/mol. The average molecular weight is 522 g/mol. The molecule has 0 saturated carbocycles. The predicted octanol–water partition coefficient (Wildman–Crippen LogP) is 6.12. The molecule has 0 aliphatic carbocycles. The number of nitriles is 1. The molecule has 0 fully saturated rings. The van der Waals surface area contributed by atoms with Gasteiger partial charge in [-0.15, -0.1) is 26.3 Å². The molecule has 3 aromatic rings. The van der Waals surface area contributed by atoms with Gasteiger partial charge in [0.25, 0.3) is 0 Å². The molecule has 13 heteroatoms. The third-order valence-corrected chi connectivity index (χ3v) is 4.49. The summed E-state index contributed by atoms with van der Waals surface area (Å²) in [5, 5.41) is 15.3. The third-order valence-electron chi connectivity index (χ3n) is 4.49. The SMILES string of the molecule is N#Cc1ccc(C/C(=N\NC(=O)Nc2ccc(OC(F)(F)F)cc2)c2cccc(OC(F)(F)F)c2)cc1. The molecule has 0 aromatic heterocycles. The molecule has 0 bridgehead atoms. The Kier molecular flexibility index (Phi) is 8.23. The molecule has 0 spiro atoms. The van der Waals surface area contributed by atoms with E-state index in [9.17, 15) is 31.1 Å². The largest absolute Gasteiger partial charge is 0.573 e. The lowest BCUT2D eigenvalue weighted by atomic mass is 10.0. The maximum absolute atomic E-state index is 12.7. The number of urea groups is 1. The number of carbonyl (C=O) groups excluding carboxylic acids is 1. The summed E-state index contributed by atoms with van der Waals surface area (Å²) in [5.41, 5.74) is 3.72. The van der Waals surface area contributed by atoms with Gasteiger partial charge in [0.05, 0.1) is 17.3 Å². The first-order chi connectivity index (χ1) is 17.4. The molecule has 37 heavy (non-hydrogen) atoms.